The molecular weight excluding hydrogens is 372 g/mol. The Morgan fingerprint density at radius 3 is 3.07 bits per heavy atom. The summed E-state index contributed by atoms with van der Waals surface area (Å²) in [6.07, 6.45) is 3.72. The highest BCUT2D eigenvalue weighted by atomic mass is 32.1. The standard InChI is InChI=1S/C21H24N4O2S/c1-14-11-16(7-8-22-14)20(26)23-17-5-3-9-25(12-17)13-18-15(2)27-21(24-18)19-6-4-10-28-19/h4,6-8,10-11,17H,3,5,9,12-13H2,1-2H3,(H,23,26). The second-order valence-electron chi connectivity index (χ2n) is 7.23. The molecule has 1 unspecified atom stereocenters. The molecule has 146 valence electrons. The molecule has 3 aromatic heterocycles. The van der Waals surface area contributed by atoms with Gasteiger partial charge in [-0.05, 0) is 56.8 Å². The summed E-state index contributed by atoms with van der Waals surface area (Å²) in [6, 6.07) is 7.74. The summed E-state index contributed by atoms with van der Waals surface area (Å²) in [5.41, 5.74) is 2.48. The lowest BCUT2D eigenvalue weighted by Crippen LogP contribution is -2.47. The molecule has 1 fully saturated rings. The van der Waals surface area contributed by atoms with Crippen LogP contribution in [0, 0.1) is 13.8 Å². The molecule has 1 aliphatic heterocycles. The predicted molar refractivity (Wildman–Crippen MR) is 109 cm³/mol. The molecule has 4 rings (SSSR count). The molecule has 0 radical (unpaired) electrons. The van der Waals surface area contributed by atoms with Gasteiger partial charge in [-0.3, -0.25) is 14.7 Å². The molecule has 1 aliphatic rings. The fourth-order valence-corrected chi connectivity index (χ4v) is 4.21. The van der Waals surface area contributed by atoms with Gasteiger partial charge in [0.2, 0.25) is 5.89 Å². The molecule has 7 heteroatoms. The summed E-state index contributed by atoms with van der Waals surface area (Å²) in [5.74, 6) is 1.52. The van der Waals surface area contributed by atoms with Crippen molar-refractivity contribution in [3.05, 3.63) is 58.6 Å². The van der Waals surface area contributed by atoms with Crippen molar-refractivity contribution in [3.63, 3.8) is 0 Å². The molecule has 0 spiro atoms. The number of rotatable bonds is 5. The molecule has 1 atom stereocenters. The fourth-order valence-electron chi connectivity index (χ4n) is 3.56. The van der Waals surface area contributed by atoms with E-state index in [-0.39, 0.29) is 11.9 Å². The highest BCUT2D eigenvalue weighted by Crippen LogP contribution is 2.27. The van der Waals surface area contributed by atoms with Gasteiger partial charge < -0.3 is 9.73 Å². The third kappa shape index (κ3) is 4.31. The maximum absolute atomic E-state index is 12.5. The van der Waals surface area contributed by atoms with E-state index in [1.807, 2.05) is 37.4 Å². The van der Waals surface area contributed by atoms with E-state index in [1.54, 1.807) is 23.6 Å². The first-order chi connectivity index (χ1) is 13.6. The second kappa shape index (κ2) is 8.24. The minimum atomic E-state index is -0.0325. The van der Waals surface area contributed by atoms with Crippen LogP contribution >= 0.6 is 11.3 Å². The van der Waals surface area contributed by atoms with Gasteiger partial charge in [-0.2, -0.15) is 0 Å². The molecule has 4 heterocycles. The van der Waals surface area contributed by atoms with Crippen LogP contribution in [0.15, 0.2) is 40.3 Å². The molecule has 0 aromatic carbocycles. The van der Waals surface area contributed by atoms with Gasteiger partial charge in [-0.1, -0.05) is 6.07 Å². The van der Waals surface area contributed by atoms with Crippen LogP contribution in [0.2, 0.25) is 0 Å². The topological polar surface area (TPSA) is 71.3 Å². The summed E-state index contributed by atoms with van der Waals surface area (Å²) in [6.45, 7) is 6.41. The largest absolute Gasteiger partial charge is 0.440 e. The van der Waals surface area contributed by atoms with Gasteiger partial charge >= 0.3 is 0 Å². The first-order valence-corrected chi connectivity index (χ1v) is 10.4. The first kappa shape index (κ1) is 18.8. The number of thiophene rings is 1. The number of piperidine rings is 1. The summed E-state index contributed by atoms with van der Waals surface area (Å²) >= 11 is 1.63. The summed E-state index contributed by atoms with van der Waals surface area (Å²) < 4.78 is 5.86. The maximum Gasteiger partial charge on any atom is 0.251 e. The lowest BCUT2D eigenvalue weighted by molar-refractivity contribution is 0.0900. The van der Waals surface area contributed by atoms with Crippen LogP contribution in [0.5, 0.6) is 0 Å². The Labute approximate surface area is 168 Å². The number of nitrogens with one attached hydrogen (secondary N) is 1. The number of nitrogens with zero attached hydrogens (tertiary/aromatic N) is 3. The molecule has 0 aliphatic carbocycles. The van der Waals surface area contributed by atoms with Crippen LogP contribution in [0.3, 0.4) is 0 Å². The molecule has 28 heavy (non-hydrogen) atoms. The molecule has 1 saturated heterocycles. The van der Waals surface area contributed by atoms with Crippen molar-refractivity contribution in [2.75, 3.05) is 13.1 Å². The smallest absolute Gasteiger partial charge is 0.251 e. The number of pyridine rings is 1. The normalized spacial score (nSPS) is 17.6. The third-order valence-corrected chi connectivity index (χ3v) is 5.86. The van der Waals surface area contributed by atoms with E-state index in [0.29, 0.717) is 11.5 Å². The first-order valence-electron chi connectivity index (χ1n) is 9.54. The quantitative estimate of drug-likeness (QED) is 0.710. The van der Waals surface area contributed by atoms with Gasteiger partial charge in [0.15, 0.2) is 0 Å². The molecule has 3 aromatic rings. The van der Waals surface area contributed by atoms with Crippen molar-refractivity contribution in [2.24, 2.45) is 0 Å². The fraction of sp³-hybridized carbons (Fsp3) is 0.381. The summed E-state index contributed by atoms with van der Waals surface area (Å²) in [5, 5.41) is 5.19. The Kier molecular flexibility index (Phi) is 5.54. The Balaban J connectivity index is 1.38. The van der Waals surface area contributed by atoms with Gasteiger partial charge in [-0.25, -0.2) is 4.98 Å². The number of aromatic nitrogens is 2. The summed E-state index contributed by atoms with van der Waals surface area (Å²) in [4.78, 5) is 24.8. The summed E-state index contributed by atoms with van der Waals surface area (Å²) in [7, 11) is 0. The zero-order valence-electron chi connectivity index (χ0n) is 16.1. The number of amides is 1. The number of carbonyl (C=O) groups excluding carboxylic acids is 1. The second-order valence-corrected chi connectivity index (χ2v) is 8.18. The number of carbonyl (C=O) groups is 1. The van der Waals surface area contributed by atoms with E-state index in [9.17, 15) is 4.79 Å². The number of oxazole rings is 1. The van der Waals surface area contributed by atoms with Crippen LogP contribution < -0.4 is 5.32 Å². The van der Waals surface area contributed by atoms with E-state index in [0.717, 1.165) is 54.5 Å². The van der Waals surface area contributed by atoms with Gasteiger partial charge in [0.1, 0.15) is 5.76 Å². The molecule has 1 amide bonds. The van der Waals surface area contributed by atoms with Crippen molar-refractivity contribution in [3.8, 4) is 10.8 Å². The van der Waals surface area contributed by atoms with Gasteiger partial charge in [0, 0.05) is 36.6 Å². The zero-order valence-corrected chi connectivity index (χ0v) is 17.0. The van der Waals surface area contributed by atoms with Crippen molar-refractivity contribution in [1.82, 2.24) is 20.2 Å². The van der Waals surface area contributed by atoms with Gasteiger partial charge in [0.25, 0.3) is 5.91 Å². The van der Waals surface area contributed by atoms with Gasteiger partial charge in [0.05, 0.1) is 10.6 Å². The highest BCUT2D eigenvalue weighted by molar-refractivity contribution is 7.13. The molecule has 0 bridgehead atoms. The minimum Gasteiger partial charge on any atom is -0.440 e. The average molecular weight is 397 g/mol. The van der Waals surface area contributed by atoms with E-state index < -0.39 is 0 Å². The zero-order chi connectivity index (χ0) is 19.5. The Morgan fingerprint density at radius 1 is 1.39 bits per heavy atom. The third-order valence-electron chi connectivity index (χ3n) is 5.00. The monoisotopic (exact) mass is 396 g/mol. The van der Waals surface area contributed by atoms with E-state index in [1.165, 1.54) is 0 Å². The number of hydrogen-bond donors (Lipinski definition) is 1. The molecule has 6 nitrogen and oxygen atoms in total. The Morgan fingerprint density at radius 2 is 2.29 bits per heavy atom. The SMILES string of the molecule is Cc1cc(C(=O)NC2CCCN(Cc3nc(-c4cccs4)oc3C)C2)ccn1. The van der Waals surface area contributed by atoms with Crippen LogP contribution in [0.4, 0.5) is 0 Å². The van der Waals surface area contributed by atoms with E-state index >= 15 is 0 Å². The minimum absolute atomic E-state index is 0.0325. The molecular formula is C21H24N4O2S. The van der Waals surface area contributed by atoms with Crippen molar-refractivity contribution in [1.29, 1.82) is 0 Å². The van der Waals surface area contributed by atoms with Crippen LogP contribution in [-0.4, -0.2) is 39.9 Å². The molecule has 0 saturated carbocycles. The molecule has 1 N–H and O–H groups in total. The van der Waals surface area contributed by atoms with E-state index in [4.69, 9.17) is 9.40 Å². The van der Waals surface area contributed by atoms with Crippen molar-refractivity contribution >= 4 is 17.2 Å². The number of aryl methyl sites for hydroxylation is 2. The predicted octanol–water partition coefficient (Wildman–Crippen LogP) is 3.81. The van der Waals surface area contributed by atoms with Gasteiger partial charge in [-0.15, -0.1) is 11.3 Å². The van der Waals surface area contributed by atoms with Crippen LogP contribution in [0.1, 0.15) is 40.3 Å². The lowest BCUT2D eigenvalue weighted by Gasteiger charge is -2.32. The highest BCUT2D eigenvalue weighted by Gasteiger charge is 2.24. The average Bonchev–Trinajstić information content (AvgIpc) is 3.32. The van der Waals surface area contributed by atoms with Crippen molar-refractivity contribution < 1.29 is 9.21 Å². The van der Waals surface area contributed by atoms with Crippen LogP contribution in [0.25, 0.3) is 10.8 Å². The van der Waals surface area contributed by atoms with Crippen LogP contribution in [-0.2, 0) is 6.54 Å². The number of likely N-dealkylation sites (tertiary alicyclic amines) is 1. The van der Waals surface area contributed by atoms with Crippen molar-refractivity contribution in [2.45, 2.75) is 39.3 Å². The number of hydrogen-bond acceptors (Lipinski definition) is 6. The van der Waals surface area contributed by atoms with E-state index in [2.05, 4.69) is 15.2 Å². The Hall–Kier alpha value is -2.51. The maximum atomic E-state index is 12.5. The lowest BCUT2D eigenvalue weighted by atomic mass is 10.0. The Bertz CT molecular complexity index is 951.